The van der Waals surface area contributed by atoms with E-state index in [1.54, 1.807) is 24.5 Å². The van der Waals surface area contributed by atoms with Gasteiger partial charge in [0.1, 0.15) is 23.4 Å². The summed E-state index contributed by atoms with van der Waals surface area (Å²) in [5.74, 6) is 1.95. The number of esters is 1. The summed E-state index contributed by atoms with van der Waals surface area (Å²) in [4.78, 5) is 36.8. The van der Waals surface area contributed by atoms with Crippen LogP contribution >= 0.6 is 0 Å². The number of piperazine rings is 1. The smallest absolute Gasteiger partial charge is 0.324 e. The number of nitrogens with zero attached hydrogens (tertiary/aromatic N) is 6. The van der Waals surface area contributed by atoms with Gasteiger partial charge in [0.2, 0.25) is 5.95 Å². The van der Waals surface area contributed by atoms with Crippen LogP contribution in [-0.2, 0) is 9.53 Å². The van der Waals surface area contributed by atoms with Crippen LogP contribution in [0.5, 0.6) is 0 Å². The number of hydrogen-bond donors (Lipinski definition) is 3. The van der Waals surface area contributed by atoms with Gasteiger partial charge < -0.3 is 20.7 Å². The highest BCUT2D eigenvalue weighted by atomic mass is 16.5. The van der Waals surface area contributed by atoms with Crippen molar-refractivity contribution < 1.29 is 9.53 Å². The van der Waals surface area contributed by atoms with E-state index in [1.807, 2.05) is 49.4 Å². The summed E-state index contributed by atoms with van der Waals surface area (Å²) in [6, 6.07) is 17.1. The van der Waals surface area contributed by atoms with E-state index in [9.17, 15) is 4.79 Å². The van der Waals surface area contributed by atoms with Gasteiger partial charge in [0, 0.05) is 49.5 Å². The molecule has 0 bridgehead atoms. The highest BCUT2D eigenvalue weighted by molar-refractivity contribution is 5.76. The van der Waals surface area contributed by atoms with Crippen molar-refractivity contribution in [3.63, 3.8) is 0 Å². The maximum atomic E-state index is 12.3. The van der Waals surface area contributed by atoms with Crippen molar-refractivity contribution in [3.05, 3.63) is 78.2 Å². The van der Waals surface area contributed by atoms with Gasteiger partial charge in [0.25, 0.3) is 0 Å². The Kier molecular flexibility index (Phi) is 7.99. The van der Waals surface area contributed by atoms with Gasteiger partial charge in [-0.1, -0.05) is 18.2 Å². The number of carbonyl (C=O) groups is 1. The quantitative estimate of drug-likeness (QED) is 0.292. The van der Waals surface area contributed by atoms with Crippen molar-refractivity contribution in [2.45, 2.75) is 25.9 Å². The molecule has 2 atom stereocenters. The third-order valence-electron chi connectivity index (χ3n) is 6.59. The number of carbonyl (C=O) groups excluding carboxylic acids is 1. The van der Waals surface area contributed by atoms with Crippen LogP contribution in [0.3, 0.4) is 0 Å². The van der Waals surface area contributed by atoms with Gasteiger partial charge in [-0.2, -0.15) is 4.98 Å². The van der Waals surface area contributed by atoms with Crippen LogP contribution in [0.4, 0.5) is 23.3 Å². The Morgan fingerprint density at radius 1 is 1.00 bits per heavy atom. The van der Waals surface area contributed by atoms with Gasteiger partial charge in [-0.3, -0.25) is 9.69 Å². The summed E-state index contributed by atoms with van der Waals surface area (Å²) >= 11 is 0. The van der Waals surface area contributed by atoms with E-state index in [0.717, 1.165) is 30.0 Å². The van der Waals surface area contributed by atoms with E-state index in [4.69, 9.17) is 4.74 Å². The molecular formula is C28H31N9O2. The molecule has 5 rings (SSSR count). The van der Waals surface area contributed by atoms with Crippen LogP contribution in [-0.4, -0.2) is 68.6 Å². The number of hydrogen-bond acceptors (Lipinski definition) is 11. The molecule has 2 unspecified atom stereocenters. The third kappa shape index (κ3) is 6.33. The fourth-order valence-corrected chi connectivity index (χ4v) is 4.54. The molecule has 39 heavy (non-hydrogen) atoms. The highest BCUT2D eigenvalue weighted by Gasteiger charge is 2.33. The number of anilines is 4. The molecule has 1 aliphatic heterocycles. The van der Waals surface area contributed by atoms with E-state index in [0.29, 0.717) is 35.6 Å². The maximum Gasteiger partial charge on any atom is 0.324 e. The van der Waals surface area contributed by atoms with E-state index in [1.165, 1.54) is 7.11 Å². The second kappa shape index (κ2) is 11.9. The molecule has 0 amide bonds. The first-order valence-corrected chi connectivity index (χ1v) is 12.8. The van der Waals surface area contributed by atoms with Crippen LogP contribution in [0.1, 0.15) is 24.2 Å². The minimum Gasteiger partial charge on any atom is -0.468 e. The molecular weight excluding hydrogens is 494 g/mol. The first-order chi connectivity index (χ1) is 19.0. The molecule has 11 nitrogen and oxygen atoms in total. The number of benzene rings is 1. The Labute approximate surface area is 227 Å². The van der Waals surface area contributed by atoms with E-state index >= 15 is 0 Å². The monoisotopic (exact) mass is 525 g/mol. The van der Waals surface area contributed by atoms with Crippen LogP contribution in [0.25, 0.3) is 11.5 Å². The summed E-state index contributed by atoms with van der Waals surface area (Å²) in [5.41, 5.74) is 3.56. The maximum absolute atomic E-state index is 12.3. The molecule has 11 heteroatoms. The molecule has 200 valence electrons. The van der Waals surface area contributed by atoms with Crippen molar-refractivity contribution in [2.75, 3.05) is 37.4 Å². The summed E-state index contributed by atoms with van der Waals surface area (Å²) in [5, 5.41) is 9.74. The zero-order valence-electron chi connectivity index (χ0n) is 22.1. The molecule has 0 radical (unpaired) electrons. The van der Waals surface area contributed by atoms with Crippen molar-refractivity contribution in [2.24, 2.45) is 0 Å². The molecule has 4 heterocycles. The molecule has 1 aliphatic rings. The number of aromatic nitrogens is 5. The molecule has 3 aromatic heterocycles. The Morgan fingerprint density at radius 3 is 2.54 bits per heavy atom. The van der Waals surface area contributed by atoms with Gasteiger partial charge in [-0.15, -0.1) is 0 Å². The van der Waals surface area contributed by atoms with E-state index < -0.39 is 0 Å². The first-order valence-electron chi connectivity index (χ1n) is 12.8. The topological polar surface area (TPSA) is 130 Å². The normalized spacial score (nSPS) is 16.3. The second-order valence-corrected chi connectivity index (χ2v) is 9.22. The standard InChI is InChI=1S/C28H31N9O2/c1-18-5-4-6-22(32-18)26-30-13-11-24(35-26)34-25-12-14-31-28(36-25)33-21-9-7-20(8-10-21)19(2)37-16-15-29-17-23(37)27(38)39-3/h4-14,19,23,29H,15-17H2,1-3H3,(H2,30,31,33,34,35,36). The fourth-order valence-electron chi connectivity index (χ4n) is 4.54. The zero-order valence-corrected chi connectivity index (χ0v) is 22.1. The van der Waals surface area contributed by atoms with Crippen molar-refractivity contribution in [1.82, 2.24) is 35.1 Å². The average molecular weight is 526 g/mol. The lowest BCUT2D eigenvalue weighted by Gasteiger charge is -2.38. The van der Waals surface area contributed by atoms with Crippen LogP contribution in [0.15, 0.2) is 67.0 Å². The van der Waals surface area contributed by atoms with Gasteiger partial charge in [0.05, 0.1) is 7.11 Å². The molecule has 3 N–H and O–H groups in total. The average Bonchev–Trinajstić information content (AvgIpc) is 2.97. The number of methoxy groups -OCH3 is 1. The minimum atomic E-state index is -0.306. The summed E-state index contributed by atoms with van der Waals surface area (Å²) in [7, 11) is 1.43. The predicted molar refractivity (Wildman–Crippen MR) is 149 cm³/mol. The molecule has 4 aromatic rings. The third-order valence-corrected chi connectivity index (χ3v) is 6.59. The number of aryl methyl sites for hydroxylation is 1. The SMILES string of the molecule is COC(=O)C1CNCCN1C(C)c1ccc(Nc2nccc(Nc3ccnc(-c4cccc(C)n4)n3)n2)cc1. The lowest BCUT2D eigenvalue weighted by Crippen LogP contribution is -2.55. The number of rotatable bonds is 8. The van der Waals surface area contributed by atoms with Crippen molar-refractivity contribution in [3.8, 4) is 11.5 Å². The van der Waals surface area contributed by atoms with E-state index in [-0.39, 0.29) is 18.1 Å². The fraction of sp³-hybridized carbons (Fsp3) is 0.286. The Hall–Kier alpha value is -4.48. The number of ether oxygens (including phenoxy) is 1. The van der Waals surface area contributed by atoms with Crippen LogP contribution in [0.2, 0.25) is 0 Å². The van der Waals surface area contributed by atoms with Gasteiger partial charge in [-0.25, -0.2) is 19.9 Å². The summed E-state index contributed by atoms with van der Waals surface area (Å²) in [6.07, 6.45) is 3.36. The van der Waals surface area contributed by atoms with Crippen molar-refractivity contribution in [1.29, 1.82) is 0 Å². The minimum absolute atomic E-state index is 0.0572. The first kappa shape index (κ1) is 26.1. The second-order valence-electron chi connectivity index (χ2n) is 9.22. The van der Waals surface area contributed by atoms with Gasteiger partial charge in [-0.05, 0) is 55.8 Å². The Balaban J connectivity index is 1.25. The van der Waals surface area contributed by atoms with Crippen molar-refractivity contribution >= 4 is 29.2 Å². The largest absolute Gasteiger partial charge is 0.468 e. The molecule has 1 fully saturated rings. The van der Waals surface area contributed by atoms with Crippen LogP contribution in [0, 0.1) is 6.92 Å². The molecule has 0 aliphatic carbocycles. The van der Waals surface area contributed by atoms with Gasteiger partial charge >= 0.3 is 5.97 Å². The summed E-state index contributed by atoms with van der Waals surface area (Å²) in [6.45, 7) is 6.22. The Bertz CT molecular complexity index is 1430. The van der Waals surface area contributed by atoms with E-state index in [2.05, 4.69) is 52.7 Å². The molecule has 1 aromatic carbocycles. The molecule has 1 saturated heterocycles. The lowest BCUT2D eigenvalue weighted by atomic mass is 10.0. The molecule has 0 spiro atoms. The number of nitrogens with one attached hydrogen (secondary N) is 3. The zero-order chi connectivity index (χ0) is 27.2. The lowest BCUT2D eigenvalue weighted by molar-refractivity contribution is -0.148. The molecule has 0 saturated carbocycles. The van der Waals surface area contributed by atoms with Crippen LogP contribution < -0.4 is 16.0 Å². The van der Waals surface area contributed by atoms with Gasteiger partial charge in [0.15, 0.2) is 5.82 Å². The predicted octanol–water partition coefficient (Wildman–Crippen LogP) is 3.63. The highest BCUT2D eigenvalue weighted by Crippen LogP contribution is 2.26. The number of pyridine rings is 1. The summed E-state index contributed by atoms with van der Waals surface area (Å²) < 4.78 is 5.01. The Morgan fingerprint density at radius 2 is 1.77 bits per heavy atom.